The predicted octanol–water partition coefficient (Wildman–Crippen LogP) is 0.568. The summed E-state index contributed by atoms with van der Waals surface area (Å²) in [7, 11) is 0. The van der Waals surface area contributed by atoms with Crippen LogP contribution in [0.2, 0.25) is 0 Å². The molecular formula is C11H17N3O2. The number of carbonyl (C=O) groups is 1. The van der Waals surface area contributed by atoms with Crippen molar-refractivity contribution in [3.63, 3.8) is 0 Å². The van der Waals surface area contributed by atoms with Gasteiger partial charge in [0.2, 0.25) is 5.91 Å². The van der Waals surface area contributed by atoms with Crippen LogP contribution >= 0.6 is 0 Å². The molecule has 1 aliphatic rings. The van der Waals surface area contributed by atoms with E-state index in [1.54, 1.807) is 10.9 Å². The van der Waals surface area contributed by atoms with E-state index in [9.17, 15) is 4.79 Å². The maximum absolute atomic E-state index is 11.5. The Labute approximate surface area is 94.8 Å². The van der Waals surface area contributed by atoms with Gasteiger partial charge in [0.1, 0.15) is 0 Å². The van der Waals surface area contributed by atoms with Crippen molar-refractivity contribution in [2.45, 2.75) is 31.9 Å². The number of amides is 1. The summed E-state index contributed by atoms with van der Waals surface area (Å²) < 4.78 is 7.18. The fourth-order valence-electron chi connectivity index (χ4n) is 1.77. The van der Waals surface area contributed by atoms with Gasteiger partial charge in [-0.25, -0.2) is 0 Å². The lowest BCUT2D eigenvalue weighted by atomic mass is 10.2. The van der Waals surface area contributed by atoms with Gasteiger partial charge in [-0.1, -0.05) is 0 Å². The quantitative estimate of drug-likeness (QED) is 0.794. The number of aryl methyl sites for hydroxylation is 1. The third kappa shape index (κ3) is 3.34. The van der Waals surface area contributed by atoms with Gasteiger partial charge in [-0.15, -0.1) is 0 Å². The Hall–Kier alpha value is -1.36. The Balaban J connectivity index is 1.60. The van der Waals surface area contributed by atoms with Crippen molar-refractivity contribution in [2.75, 3.05) is 13.2 Å². The second-order valence-corrected chi connectivity index (χ2v) is 3.96. The number of hydrogen-bond acceptors (Lipinski definition) is 3. The molecule has 0 radical (unpaired) electrons. The maximum atomic E-state index is 11.5. The zero-order valence-electron chi connectivity index (χ0n) is 9.26. The summed E-state index contributed by atoms with van der Waals surface area (Å²) in [5.41, 5.74) is 0. The third-order valence-corrected chi connectivity index (χ3v) is 2.68. The van der Waals surface area contributed by atoms with Crippen LogP contribution in [0.5, 0.6) is 0 Å². The summed E-state index contributed by atoms with van der Waals surface area (Å²) in [5, 5.41) is 6.92. The third-order valence-electron chi connectivity index (χ3n) is 2.68. The number of hydrogen-bond donors (Lipinski definition) is 1. The molecule has 0 aliphatic carbocycles. The zero-order chi connectivity index (χ0) is 11.2. The minimum Gasteiger partial charge on any atom is -0.376 e. The van der Waals surface area contributed by atoms with Crippen LogP contribution < -0.4 is 5.32 Å². The first-order valence-corrected chi connectivity index (χ1v) is 5.70. The minimum atomic E-state index is 0.0611. The molecule has 0 unspecified atom stereocenters. The lowest BCUT2D eigenvalue weighted by Crippen LogP contribution is -2.32. The van der Waals surface area contributed by atoms with Gasteiger partial charge >= 0.3 is 0 Å². The van der Waals surface area contributed by atoms with Crippen LogP contribution in [0, 0.1) is 0 Å². The van der Waals surface area contributed by atoms with Crippen LogP contribution in [0.25, 0.3) is 0 Å². The van der Waals surface area contributed by atoms with Crippen molar-refractivity contribution in [3.05, 3.63) is 18.5 Å². The highest BCUT2D eigenvalue weighted by molar-refractivity contribution is 5.75. The maximum Gasteiger partial charge on any atom is 0.221 e. The van der Waals surface area contributed by atoms with Crippen LogP contribution in [0.15, 0.2) is 18.5 Å². The first-order valence-electron chi connectivity index (χ1n) is 5.70. The normalized spacial score (nSPS) is 19.9. The Bertz CT molecular complexity index is 318. The van der Waals surface area contributed by atoms with Crippen LogP contribution in [-0.4, -0.2) is 34.9 Å². The summed E-state index contributed by atoms with van der Waals surface area (Å²) in [6, 6.07) is 1.85. The van der Waals surface area contributed by atoms with Crippen LogP contribution in [-0.2, 0) is 16.1 Å². The second kappa shape index (κ2) is 5.65. The summed E-state index contributed by atoms with van der Waals surface area (Å²) in [4.78, 5) is 11.5. The molecule has 16 heavy (non-hydrogen) atoms. The van der Waals surface area contributed by atoms with E-state index in [0.29, 0.717) is 19.5 Å². The predicted molar refractivity (Wildman–Crippen MR) is 58.8 cm³/mol. The minimum absolute atomic E-state index is 0.0611. The van der Waals surface area contributed by atoms with E-state index in [2.05, 4.69) is 10.4 Å². The summed E-state index contributed by atoms with van der Waals surface area (Å²) in [5.74, 6) is 0.0611. The van der Waals surface area contributed by atoms with Crippen LogP contribution in [0.3, 0.4) is 0 Å². The molecule has 1 aliphatic heterocycles. The molecule has 1 atom stereocenters. The monoisotopic (exact) mass is 223 g/mol. The molecule has 0 saturated carbocycles. The molecule has 88 valence electrons. The molecule has 1 fully saturated rings. The Morgan fingerprint density at radius 1 is 1.62 bits per heavy atom. The fourth-order valence-corrected chi connectivity index (χ4v) is 1.77. The average Bonchev–Trinajstić information content (AvgIpc) is 2.96. The van der Waals surface area contributed by atoms with Gasteiger partial charge in [0.25, 0.3) is 0 Å². The van der Waals surface area contributed by atoms with Crippen LogP contribution in [0.4, 0.5) is 0 Å². The smallest absolute Gasteiger partial charge is 0.221 e. The molecule has 1 N–H and O–H groups in total. The van der Waals surface area contributed by atoms with Gasteiger partial charge < -0.3 is 10.1 Å². The first-order chi connectivity index (χ1) is 7.84. The van der Waals surface area contributed by atoms with E-state index in [4.69, 9.17) is 4.74 Å². The van der Waals surface area contributed by atoms with Gasteiger partial charge in [0.05, 0.1) is 6.10 Å². The number of rotatable bonds is 5. The second-order valence-electron chi connectivity index (χ2n) is 3.96. The highest BCUT2D eigenvalue weighted by Gasteiger charge is 2.15. The van der Waals surface area contributed by atoms with Crippen molar-refractivity contribution in [1.29, 1.82) is 0 Å². The average molecular weight is 223 g/mol. The molecule has 1 saturated heterocycles. The lowest BCUT2D eigenvalue weighted by Gasteiger charge is -2.10. The number of aromatic nitrogens is 2. The van der Waals surface area contributed by atoms with E-state index in [1.165, 1.54) is 0 Å². The topological polar surface area (TPSA) is 56.2 Å². The van der Waals surface area contributed by atoms with E-state index >= 15 is 0 Å². The molecule has 5 heteroatoms. The zero-order valence-corrected chi connectivity index (χ0v) is 9.26. The van der Waals surface area contributed by atoms with E-state index in [-0.39, 0.29) is 12.0 Å². The molecule has 5 nitrogen and oxygen atoms in total. The first kappa shape index (κ1) is 11.1. The van der Waals surface area contributed by atoms with E-state index < -0.39 is 0 Å². The van der Waals surface area contributed by atoms with Gasteiger partial charge in [0, 0.05) is 38.5 Å². The molecule has 2 heterocycles. The Kier molecular flexibility index (Phi) is 3.93. The number of nitrogens with one attached hydrogen (secondary N) is 1. The molecule has 0 spiro atoms. The van der Waals surface area contributed by atoms with Gasteiger partial charge in [-0.05, 0) is 18.9 Å². The van der Waals surface area contributed by atoms with E-state index in [0.717, 1.165) is 19.4 Å². The molecule has 1 aromatic rings. The summed E-state index contributed by atoms with van der Waals surface area (Å²) >= 11 is 0. The number of ether oxygens (including phenoxy) is 1. The van der Waals surface area contributed by atoms with Gasteiger partial charge in [0.15, 0.2) is 0 Å². The molecule has 1 aromatic heterocycles. The number of carbonyl (C=O) groups excluding carboxylic acids is 1. The summed E-state index contributed by atoms with van der Waals surface area (Å²) in [6.45, 7) is 2.09. The van der Waals surface area contributed by atoms with Crippen molar-refractivity contribution in [3.8, 4) is 0 Å². The van der Waals surface area contributed by atoms with Gasteiger partial charge in [-0.2, -0.15) is 5.10 Å². The largest absolute Gasteiger partial charge is 0.376 e. The molecule has 0 bridgehead atoms. The summed E-state index contributed by atoms with van der Waals surface area (Å²) in [6.07, 6.45) is 6.41. The molecule has 0 aromatic carbocycles. The lowest BCUT2D eigenvalue weighted by molar-refractivity contribution is -0.121. The number of nitrogens with zero attached hydrogens (tertiary/aromatic N) is 2. The van der Waals surface area contributed by atoms with Crippen molar-refractivity contribution < 1.29 is 9.53 Å². The van der Waals surface area contributed by atoms with Crippen molar-refractivity contribution in [1.82, 2.24) is 15.1 Å². The standard InChI is InChI=1S/C11H17N3O2/c15-11(4-7-14-6-2-5-13-14)12-9-10-3-1-8-16-10/h2,5-6,10H,1,3-4,7-9H2,(H,12,15)/t10-/m1/s1. The fraction of sp³-hybridized carbons (Fsp3) is 0.636. The van der Waals surface area contributed by atoms with E-state index in [1.807, 2.05) is 12.3 Å². The Morgan fingerprint density at radius 3 is 3.25 bits per heavy atom. The Morgan fingerprint density at radius 2 is 2.56 bits per heavy atom. The van der Waals surface area contributed by atoms with Gasteiger partial charge in [-0.3, -0.25) is 9.48 Å². The highest BCUT2D eigenvalue weighted by atomic mass is 16.5. The van der Waals surface area contributed by atoms with Crippen molar-refractivity contribution in [2.24, 2.45) is 0 Å². The molecule has 2 rings (SSSR count). The van der Waals surface area contributed by atoms with Crippen molar-refractivity contribution >= 4 is 5.91 Å². The molecule has 1 amide bonds. The van der Waals surface area contributed by atoms with Crippen LogP contribution in [0.1, 0.15) is 19.3 Å². The highest BCUT2D eigenvalue weighted by Crippen LogP contribution is 2.10. The SMILES string of the molecule is O=C(CCn1cccn1)NC[C@H]1CCCO1. The molecular weight excluding hydrogens is 206 g/mol.